The largest absolute Gasteiger partial charge is 0.419 e. The molecule has 0 radical (unpaired) electrons. The normalized spacial score (nSPS) is 10.7. The Morgan fingerprint density at radius 2 is 2.21 bits per heavy atom. The molecule has 0 aliphatic rings. The van der Waals surface area contributed by atoms with Crippen LogP contribution >= 0.6 is 0 Å². The van der Waals surface area contributed by atoms with Crippen molar-refractivity contribution in [2.24, 2.45) is 0 Å². The second-order valence-corrected chi connectivity index (χ2v) is 4.44. The van der Waals surface area contributed by atoms with E-state index in [-0.39, 0.29) is 11.9 Å². The number of pyridine rings is 1. The molecule has 2 aromatic rings. The molecule has 0 saturated carbocycles. The number of aromatic nitrogens is 3. The minimum absolute atomic E-state index is 0.0208. The monoisotopic (exact) mass is 260 g/mol. The number of aryl methyl sites for hydroxylation is 1. The molecule has 0 spiro atoms. The summed E-state index contributed by atoms with van der Waals surface area (Å²) >= 11 is 0. The van der Waals surface area contributed by atoms with Gasteiger partial charge in [0.2, 0.25) is 11.8 Å². The van der Waals surface area contributed by atoms with E-state index >= 15 is 0 Å². The average Bonchev–Trinajstić information content (AvgIpc) is 2.85. The van der Waals surface area contributed by atoms with Crippen molar-refractivity contribution in [3.63, 3.8) is 0 Å². The smallest absolute Gasteiger partial charge is 0.266 e. The zero-order valence-corrected chi connectivity index (χ0v) is 11.0. The maximum absolute atomic E-state index is 11.5. The van der Waals surface area contributed by atoms with Crippen LogP contribution in [0.2, 0.25) is 0 Å². The lowest BCUT2D eigenvalue weighted by molar-refractivity contribution is -0.121. The van der Waals surface area contributed by atoms with Gasteiger partial charge in [-0.2, -0.15) is 0 Å². The van der Waals surface area contributed by atoms with E-state index in [1.807, 2.05) is 26.0 Å². The fraction of sp³-hybridized carbons (Fsp3) is 0.385. The number of carbonyl (C=O) groups excluding carboxylic acids is 1. The minimum atomic E-state index is -0.0208. The first-order valence-electron chi connectivity index (χ1n) is 6.18. The van der Waals surface area contributed by atoms with Crippen LogP contribution in [0.25, 0.3) is 11.6 Å². The van der Waals surface area contributed by atoms with Gasteiger partial charge in [0.05, 0.1) is 0 Å². The standard InChI is InChI=1S/C13H16N4O2/c1-9(2)15-11(18)6-7-12-16-17-13(19-12)10-5-3-4-8-14-10/h3-5,8-9H,6-7H2,1-2H3,(H,15,18). The van der Waals surface area contributed by atoms with Crippen molar-refractivity contribution >= 4 is 5.91 Å². The summed E-state index contributed by atoms with van der Waals surface area (Å²) in [5.74, 6) is 0.798. The van der Waals surface area contributed by atoms with Gasteiger partial charge in [-0.25, -0.2) is 0 Å². The minimum Gasteiger partial charge on any atom is -0.419 e. The lowest BCUT2D eigenvalue weighted by Gasteiger charge is -2.06. The Balaban J connectivity index is 1.93. The first kappa shape index (κ1) is 13.2. The van der Waals surface area contributed by atoms with Gasteiger partial charge in [-0.05, 0) is 26.0 Å². The third kappa shape index (κ3) is 3.87. The zero-order valence-electron chi connectivity index (χ0n) is 11.0. The topological polar surface area (TPSA) is 80.9 Å². The summed E-state index contributed by atoms with van der Waals surface area (Å²) in [7, 11) is 0. The molecule has 2 aromatic heterocycles. The molecular weight excluding hydrogens is 244 g/mol. The van der Waals surface area contributed by atoms with Crippen LogP contribution in [0.3, 0.4) is 0 Å². The highest BCUT2D eigenvalue weighted by Gasteiger charge is 2.11. The quantitative estimate of drug-likeness (QED) is 0.882. The predicted molar refractivity (Wildman–Crippen MR) is 69.1 cm³/mol. The van der Waals surface area contributed by atoms with Crippen LogP contribution < -0.4 is 5.32 Å². The molecule has 0 aliphatic carbocycles. The van der Waals surface area contributed by atoms with Gasteiger partial charge >= 0.3 is 0 Å². The summed E-state index contributed by atoms with van der Waals surface area (Å²) in [6.45, 7) is 3.84. The number of rotatable bonds is 5. The van der Waals surface area contributed by atoms with Gasteiger partial charge in [0, 0.05) is 25.1 Å². The molecule has 0 atom stereocenters. The summed E-state index contributed by atoms with van der Waals surface area (Å²) in [6.07, 6.45) is 2.43. The average molecular weight is 260 g/mol. The van der Waals surface area contributed by atoms with Crippen molar-refractivity contribution in [1.82, 2.24) is 20.5 Å². The van der Waals surface area contributed by atoms with Crippen molar-refractivity contribution in [2.45, 2.75) is 32.7 Å². The van der Waals surface area contributed by atoms with Crippen LogP contribution in [0, 0.1) is 0 Å². The summed E-state index contributed by atoms with van der Waals surface area (Å²) in [5.41, 5.74) is 0.632. The molecule has 0 saturated heterocycles. The SMILES string of the molecule is CC(C)NC(=O)CCc1nnc(-c2ccccn2)o1. The molecule has 0 fully saturated rings. The highest BCUT2D eigenvalue weighted by atomic mass is 16.4. The van der Waals surface area contributed by atoms with Crippen molar-refractivity contribution < 1.29 is 9.21 Å². The van der Waals surface area contributed by atoms with Gasteiger partial charge in [-0.3, -0.25) is 9.78 Å². The molecule has 6 heteroatoms. The lowest BCUT2D eigenvalue weighted by atomic mass is 10.3. The maximum atomic E-state index is 11.5. The Bertz CT molecular complexity index is 537. The van der Waals surface area contributed by atoms with Gasteiger partial charge in [0.15, 0.2) is 0 Å². The molecule has 0 aliphatic heterocycles. The van der Waals surface area contributed by atoms with Gasteiger partial charge in [-0.1, -0.05) is 6.07 Å². The Labute approximate surface area is 111 Å². The highest BCUT2D eigenvalue weighted by molar-refractivity contribution is 5.76. The van der Waals surface area contributed by atoms with Gasteiger partial charge in [0.25, 0.3) is 5.89 Å². The number of carbonyl (C=O) groups is 1. The van der Waals surface area contributed by atoms with Crippen molar-refractivity contribution in [1.29, 1.82) is 0 Å². The van der Waals surface area contributed by atoms with Gasteiger partial charge in [0.1, 0.15) is 5.69 Å². The molecule has 0 aromatic carbocycles. The van der Waals surface area contributed by atoms with Crippen LogP contribution in [0.1, 0.15) is 26.2 Å². The number of nitrogens with one attached hydrogen (secondary N) is 1. The van der Waals surface area contributed by atoms with E-state index in [0.717, 1.165) is 0 Å². The zero-order chi connectivity index (χ0) is 13.7. The van der Waals surface area contributed by atoms with Crippen LogP contribution in [0.5, 0.6) is 0 Å². The van der Waals surface area contributed by atoms with E-state index in [1.165, 1.54) is 0 Å². The fourth-order valence-corrected chi connectivity index (χ4v) is 1.56. The summed E-state index contributed by atoms with van der Waals surface area (Å²) in [4.78, 5) is 15.6. The molecule has 19 heavy (non-hydrogen) atoms. The molecule has 100 valence electrons. The lowest BCUT2D eigenvalue weighted by Crippen LogP contribution is -2.30. The Morgan fingerprint density at radius 3 is 2.89 bits per heavy atom. The molecule has 0 unspecified atom stereocenters. The number of hydrogen-bond donors (Lipinski definition) is 1. The predicted octanol–water partition coefficient (Wildman–Crippen LogP) is 1.59. The maximum Gasteiger partial charge on any atom is 0.266 e. The number of amides is 1. The van der Waals surface area contributed by atoms with E-state index in [2.05, 4.69) is 20.5 Å². The van der Waals surface area contributed by atoms with Gasteiger partial charge < -0.3 is 9.73 Å². The number of nitrogens with zero attached hydrogens (tertiary/aromatic N) is 3. The molecular formula is C13H16N4O2. The first-order valence-corrected chi connectivity index (χ1v) is 6.18. The van der Waals surface area contributed by atoms with Crippen LogP contribution in [-0.2, 0) is 11.2 Å². The third-order valence-corrected chi connectivity index (χ3v) is 2.37. The number of hydrogen-bond acceptors (Lipinski definition) is 5. The second kappa shape index (κ2) is 6.08. The Hall–Kier alpha value is -2.24. The van der Waals surface area contributed by atoms with E-state index in [1.54, 1.807) is 12.3 Å². The molecule has 1 amide bonds. The van der Waals surface area contributed by atoms with Crippen molar-refractivity contribution in [3.05, 3.63) is 30.3 Å². The van der Waals surface area contributed by atoms with Crippen LogP contribution in [-0.4, -0.2) is 27.1 Å². The highest BCUT2D eigenvalue weighted by Crippen LogP contribution is 2.14. The molecule has 2 rings (SSSR count). The molecule has 1 N–H and O–H groups in total. The van der Waals surface area contributed by atoms with Crippen molar-refractivity contribution in [2.75, 3.05) is 0 Å². The van der Waals surface area contributed by atoms with E-state index in [9.17, 15) is 4.79 Å². The Kier molecular flexibility index (Phi) is 4.22. The van der Waals surface area contributed by atoms with E-state index in [0.29, 0.717) is 30.3 Å². The first-order chi connectivity index (χ1) is 9.15. The summed E-state index contributed by atoms with van der Waals surface area (Å²) in [5, 5.41) is 10.6. The Morgan fingerprint density at radius 1 is 1.37 bits per heavy atom. The summed E-state index contributed by atoms with van der Waals surface area (Å²) < 4.78 is 5.46. The molecule has 6 nitrogen and oxygen atoms in total. The summed E-state index contributed by atoms with van der Waals surface area (Å²) in [6, 6.07) is 5.60. The van der Waals surface area contributed by atoms with Crippen LogP contribution in [0.4, 0.5) is 0 Å². The fourth-order valence-electron chi connectivity index (χ4n) is 1.56. The van der Waals surface area contributed by atoms with Crippen LogP contribution in [0.15, 0.2) is 28.8 Å². The van der Waals surface area contributed by atoms with E-state index in [4.69, 9.17) is 4.42 Å². The van der Waals surface area contributed by atoms with Crippen molar-refractivity contribution in [3.8, 4) is 11.6 Å². The third-order valence-electron chi connectivity index (χ3n) is 2.37. The van der Waals surface area contributed by atoms with Gasteiger partial charge in [-0.15, -0.1) is 10.2 Å². The molecule has 0 bridgehead atoms. The molecule has 2 heterocycles. The van der Waals surface area contributed by atoms with E-state index < -0.39 is 0 Å². The second-order valence-electron chi connectivity index (χ2n) is 4.44.